The van der Waals surface area contributed by atoms with Crippen molar-refractivity contribution in [2.75, 3.05) is 12.4 Å². The van der Waals surface area contributed by atoms with E-state index in [0.29, 0.717) is 0 Å². The highest BCUT2D eigenvalue weighted by atomic mass is 16.5. The molecule has 1 N–H and O–H groups in total. The van der Waals surface area contributed by atoms with Crippen LogP contribution in [0, 0.1) is 0 Å². The van der Waals surface area contributed by atoms with Gasteiger partial charge in [0.2, 0.25) is 0 Å². The van der Waals surface area contributed by atoms with Crippen molar-refractivity contribution in [1.29, 1.82) is 0 Å². The molecule has 0 aliphatic rings. The summed E-state index contributed by atoms with van der Waals surface area (Å²) in [5, 5.41) is 3.53. The molecule has 3 nitrogen and oxygen atoms in total. The topological polar surface area (TPSA) is 34.1 Å². The Morgan fingerprint density at radius 1 is 0.537 bits per heavy atom. The molecule has 0 bridgehead atoms. The SMILES string of the molecule is COc1ccccc1-c1cc(-c2cc(C(C)(C)C)cc(C(C)(C)C)c2)cc(-c2cccc(Nc3ccccc3)c2)n1. The second-order valence-corrected chi connectivity index (χ2v) is 12.7. The van der Waals surface area contributed by atoms with Crippen LogP contribution in [0.3, 0.4) is 0 Å². The third kappa shape index (κ3) is 6.52. The molecular weight excluding hydrogens is 500 g/mol. The normalized spacial score (nSPS) is 11.8. The van der Waals surface area contributed by atoms with E-state index in [0.717, 1.165) is 45.2 Å². The van der Waals surface area contributed by atoms with Gasteiger partial charge < -0.3 is 10.1 Å². The molecule has 3 heteroatoms. The molecule has 41 heavy (non-hydrogen) atoms. The minimum absolute atomic E-state index is 0.0226. The number of hydrogen-bond donors (Lipinski definition) is 1. The van der Waals surface area contributed by atoms with E-state index in [1.807, 2.05) is 36.4 Å². The summed E-state index contributed by atoms with van der Waals surface area (Å²) in [6.45, 7) is 13.7. The zero-order valence-electron chi connectivity index (χ0n) is 25.2. The first-order chi connectivity index (χ1) is 19.5. The molecule has 1 aromatic heterocycles. The predicted molar refractivity (Wildman–Crippen MR) is 174 cm³/mol. The first-order valence-corrected chi connectivity index (χ1v) is 14.3. The number of anilines is 2. The molecule has 5 aromatic rings. The number of rotatable bonds is 6. The van der Waals surface area contributed by atoms with E-state index in [9.17, 15) is 0 Å². The molecule has 0 saturated carbocycles. The lowest BCUT2D eigenvalue weighted by Gasteiger charge is -2.26. The van der Waals surface area contributed by atoms with Gasteiger partial charge in [-0.15, -0.1) is 0 Å². The summed E-state index contributed by atoms with van der Waals surface area (Å²) >= 11 is 0. The van der Waals surface area contributed by atoms with Crippen molar-refractivity contribution >= 4 is 11.4 Å². The quantitative estimate of drug-likeness (QED) is 0.233. The van der Waals surface area contributed by atoms with Gasteiger partial charge in [0.05, 0.1) is 18.5 Å². The molecule has 0 amide bonds. The van der Waals surface area contributed by atoms with Crippen LogP contribution in [-0.2, 0) is 10.8 Å². The average molecular weight is 541 g/mol. The van der Waals surface area contributed by atoms with E-state index in [4.69, 9.17) is 9.72 Å². The minimum atomic E-state index is 0.0226. The number of pyridine rings is 1. The van der Waals surface area contributed by atoms with Crippen molar-refractivity contribution in [2.24, 2.45) is 0 Å². The second kappa shape index (κ2) is 11.2. The molecule has 0 aliphatic heterocycles. The van der Waals surface area contributed by atoms with Crippen molar-refractivity contribution in [3.63, 3.8) is 0 Å². The molecule has 1 heterocycles. The number of hydrogen-bond acceptors (Lipinski definition) is 3. The van der Waals surface area contributed by atoms with Crippen LogP contribution in [0.25, 0.3) is 33.6 Å². The average Bonchev–Trinajstić information content (AvgIpc) is 2.96. The first kappa shape index (κ1) is 28.2. The highest BCUT2D eigenvalue weighted by molar-refractivity contribution is 5.80. The monoisotopic (exact) mass is 540 g/mol. The molecule has 4 aromatic carbocycles. The summed E-state index contributed by atoms with van der Waals surface area (Å²) in [6, 6.07) is 38.3. The maximum Gasteiger partial charge on any atom is 0.128 e. The number of aromatic nitrogens is 1. The summed E-state index contributed by atoms with van der Waals surface area (Å²) in [4.78, 5) is 5.19. The van der Waals surface area contributed by atoms with Gasteiger partial charge in [-0.25, -0.2) is 4.98 Å². The third-order valence-corrected chi connectivity index (χ3v) is 7.43. The summed E-state index contributed by atoms with van der Waals surface area (Å²) in [6.07, 6.45) is 0. The van der Waals surface area contributed by atoms with E-state index in [-0.39, 0.29) is 10.8 Å². The molecule has 208 valence electrons. The molecular formula is C38H40N2O. The Hall–Kier alpha value is -4.37. The minimum Gasteiger partial charge on any atom is -0.496 e. The van der Waals surface area contributed by atoms with E-state index < -0.39 is 0 Å². The van der Waals surface area contributed by atoms with Crippen molar-refractivity contribution in [1.82, 2.24) is 4.98 Å². The summed E-state index contributed by atoms with van der Waals surface area (Å²) < 4.78 is 5.75. The zero-order chi connectivity index (χ0) is 29.2. The van der Waals surface area contributed by atoms with E-state index in [2.05, 4.69) is 120 Å². The second-order valence-electron chi connectivity index (χ2n) is 12.7. The Morgan fingerprint density at radius 3 is 1.78 bits per heavy atom. The van der Waals surface area contributed by atoms with Crippen LogP contribution in [0.15, 0.2) is 109 Å². The molecule has 5 rings (SSSR count). The lowest BCUT2D eigenvalue weighted by molar-refractivity contribution is 0.416. The van der Waals surface area contributed by atoms with Gasteiger partial charge in [0.1, 0.15) is 5.75 Å². The van der Waals surface area contributed by atoms with Gasteiger partial charge in [-0.2, -0.15) is 0 Å². The maximum absolute atomic E-state index is 5.75. The summed E-state index contributed by atoms with van der Waals surface area (Å²) in [7, 11) is 1.71. The van der Waals surface area contributed by atoms with Crippen LogP contribution in [0.2, 0.25) is 0 Å². The Morgan fingerprint density at radius 2 is 1.12 bits per heavy atom. The van der Waals surface area contributed by atoms with E-state index >= 15 is 0 Å². The largest absolute Gasteiger partial charge is 0.496 e. The Bertz CT molecular complexity index is 1620. The van der Waals surface area contributed by atoms with E-state index in [1.165, 1.54) is 16.7 Å². The molecule has 0 atom stereocenters. The Labute approximate surface area is 245 Å². The van der Waals surface area contributed by atoms with Crippen molar-refractivity contribution in [2.45, 2.75) is 52.4 Å². The van der Waals surface area contributed by atoms with Gasteiger partial charge in [0.25, 0.3) is 0 Å². The molecule has 0 spiro atoms. The van der Waals surface area contributed by atoms with Crippen LogP contribution in [0.4, 0.5) is 11.4 Å². The van der Waals surface area contributed by atoms with Crippen LogP contribution in [-0.4, -0.2) is 12.1 Å². The lowest BCUT2D eigenvalue weighted by atomic mass is 9.79. The Balaban J connectivity index is 1.71. The van der Waals surface area contributed by atoms with Crippen LogP contribution < -0.4 is 10.1 Å². The fourth-order valence-corrected chi connectivity index (χ4v) is 4.94. The van der Waals surface area contributed by atoms with Gasteiger partial charge in [0.15, 0.2) is 0 Å². The Kier molecular flexibility index (Phi) is 7.73. The smallest absolute Gasteiger partial charge is 0.128 e. The van der Waals surface area contributed by atoms with E-state index in [1.54, 1.807) is 7.11 Å². The molecule has 0 saturated heterocycles. The number of ether oxygens (including phenoxy) is 1. The number of methoxy groups -OCH3 is 1. The van der Waals surface area contributed by atoms with Gasteiger partial charge in [0, 0.05) is 22.5 Å². The molecule has 0 fully saturated rings. The van der Waals surface area contributed by atoms with Gasteiger partial charge in [-0.1, -0.05) is 102 Å². The summed E-state index contributed by atoms with van der Waals surface area (Å²) in [5.41, 5.74) is 10.9. The van der Waals surface area contributed by atoms with Crippen LogP contribution >= 0.6 is 0 Å². The number of benzene rings is 4. The number of para-hydroxylation sites is 2. The fraction of sp³-hybridized carbons (Fsp3) is 0.237. The van der Waals surface area contributed by atoms with Crippen LogP contribution in [0.5, 0.6) is 5.75 Å². The van der Waals surface area contributed by atoms with Gasteiger partial charge >= 0.3 is 0 Å². The van der Waals surface area contributed by atoms with Crippen molar-refractivity contribution < 1.29 is 4.74 Å². The summed E-state index contributed by atoms with van der Waals surface area (Å²) in [5.74, 6) is 0.807. The van der Waals surface area contributed by atoms with Crippen molar-refractivity contribution in [3.8, 4) is 39.4 Å². The molecule has 0 aliphatic carbocycles. The van der Waals surface area contributed by atoms with Crippen molar-refractivity contribution in [3.05, 3.63) is 120 Å². The van der Waals surface area contributed by atoms with Crippen LogP contribution in [0.1, 0.15) is 52.7 Å². The number of nitrogens with zero attached hydrogens (tertiary/aromatic N) is 1. The third-order valence-electron chi connectivity index (χ3n) is 7.43. The standard InChI is InChI=1S/C38H40N2O/c1-37(2,3)29-20-27(21-30(25-29)38(4,5)6)28-23-34(40-35(24-28)33-18-11-12-19-36(33)41-7)26-14-13-17-32(22-26)39-31-15-9-8-10-16-31/h8-25,39H,1-7H3. The van der Waals surface area contributed by atoms with Gasteiger partial charge in [-0.05, 0) is 81.6 Å². The fourth-order valence-electron chi connectivity index (χ4n) is 4.94. The molecule has 0 unspecified atom stereocenters. The first-order valence-electron chi connectivity index (χ1n) is 14.3. The zero-order valence-corrected chi connectivity index (χ0v) is 25.2. The number of nitrogens with one attached hydrogen (secondary N) is 1. The highest BCUT2D eigenvalue weighted by Gasteiger charge is 2.22. The predicted octanol–water partition coefficient (Wildman–Crippen LogP) is 10.4. The molecule has 0 radical (unpaired) electrons. The van der Waals surface area contributed by atoms with Gasteiger partial charge in [-0.3, -0.25) is 0 Å². The highest BCUT2D eigenvalue weighted by Crippen LogP contribution is 2.38. The lowest BCUT2D eigenvalue weighted by Crippen LogP contribution is -2.16. The maximum atomic E-state index is 5.75.